The highest BCUT2D eigenvalue weighted by atomic mass is 32.1. The summed E-state index contributed by atoms with van der Waals surface area (Å²) < 4.78 is 6.17. The van der Waals surface area contributed by atoms with Crippen LogP contribution >= 0.6 is 22.7 Å². The van der Waals surface area contributed by atoms with E-state index >= 15 is 0 Å². The second-order valence-electron chi connectivity index (χ2n) is 8.33. The molecule has 192 valence electrons. The van der Waals surface area contributed by atoms with Crippen LogP contribution in [0.3, 0.4) is 0 Å². The van der Waals surface area contributed by atoms with Gasteiger partial charge in [0.2, 0.25) is 5.13 Å². The molecule has 0 aliphatic carbocycles. The molecule has 2 aromatic heterocycles. The first-order chi connectivity index (χ1) is 18.0. The average Bonchev–Trinajstić information content (AvgIpc) is 3.48. The molecule has 0 N–H and O–H groups in total. The monoisotopic (exact) mass is 534 g/mol. The summed E-state index contributed by atoms with van der Waals surface area (Å²) >= 11 is 2.71. The molecule has 0 unspecified atom stereocenters. The number of benzene rings is 2. The fourth-order valence-electron chi connectivity index (χ4n) is 3.58. The Hall–Kier alpha value is -3.50. The number of thiophene rings is 1. The Kier molecular flexibility index (Phi) is 9.08. The van der Waals surface area contributed by atoms with E-state index in [4.69, 9.17) is 4.74 Å². The van der Waals surface area contributed by atoms with Crippen molar-refractivity contribution in [3.8, 4) is 0 Å². The molecule has 2 heterocycles. The van der Waals surface area contributed by atoms with Crippen LogP contribution in [0.4, 0.5) is 27.9 Å². The number of rotatable bonds is 11. The van der Waals surface area contributed by atoms with Crippen LogP contribution in [0.1, 0.15) is 48.8 Å². The first kappa shape index (κ1) is 26.6. The summed E-state index contributed by atoms with van der Waals surface area (Å²) in [5, 5.41) is 17.9. The number of aryl methyl sites for hydroxylation is 1. The molecular formula is C27H30N6O2S2. The predicted molar refractivity (Wildman–Crippen MR) is 152 cm³/mol. The smallest absolute Gasteiger partial charge is 0.348 e. The summed E-state index contributed by atoms with van der Waals surface area (Å²) in [6.45, 7) is 10.8. The Bertz CT molecular complexity index is 1370. The van der Waals surface area contributed by atoms with Gasteiger partial charge in [0, 0.05) is 18.8 Å². The van der Waals surface area contributed by atoms with Crippen molar-refractivity contribution in [2.45, 2.75) is 40.5 Å². The number of hydrogen-bond acceptors (Lipinski definition) is 10. The highest BCUT2D eigenvalue weighted by Gasteiger charge is 2.15. The van der Waals surface area contributed by atoms with Gasteiger partial charge in [0.25, 0.3) is 0 Å². The van der Waals surface area contributed by atoms with Gasteiger partial charge in [-0.25, -0.2) is 9.78 Å². The predicted octanol–water partition coefficient (Wildman–Crippen LogP) is 9.30. The molecule has 2 aromatic carbocycles. The number of anilines is 1. The maximum absolute atomic E-state index is 12.1. The van der Waals surface area contributed by atoms with Crippen molar-refractivity contribution in [2.75, 3.05) is 24.6 Å². The van der Waals surface area contributed by atoms with E-state index in [2.05, 4.69) is 63.2 Å². The van der Waals surface area contributed by atoms with Crippen molar-refractivity contribution < 1.29 is 9.53 Å². The molecule has 0 saturated carbocycles. The Balaban J connectivity index is 1.37. The number of carbonyl (C=O) groups excluding carboxylic acids is 1. The number of ether oxygens (including phenoxy) is 1. The third-order valence-electron chi connectivity index (χ3n) is 5.69. The Morgan fingerprint density at radius 2 is 1.62 bits per heavy atom. The van der Waals surface area contributed by atoms with E-state index in [-0.39, 0.29) is 5.97 Å². The minimum Gasteiger partial charge on any atom is -0.462 e. The van der Waals surface area contributed by atoms with Gasteiger partial charge in [-0.1, -0.05) is 24.7 Å². The topological polar surface area (TPSA) is 91.9 Å². The minimum atomic E-state index is -0.295. The molecule has 8 nitrogen and oxygen atoms in total. The summed E-state index contributed by atoms with van der Waals surface area (Å²) in [5.74, 6) is -0.295. The molecule has 10 heteroatoms. The number of hydrogen-bond donors (Lipinski definition) is 0. The van der Waals surface area contributed by atoms with Crippen LogP contribution in [-0.2, 0) is 4.74 Å². The molecule has 0 spiro atoms. The van der Waals surface area contributed by atoms with E-state index in [1.165, 1.54) is 28.4 Å². The molecule has 0 amide bonds. The highest BCUT2D eigenvalue weighted by molar-refractivity contribution is 7.29. The van der Waals surface area contributed by atoms with Gasteiger partial charge in [0.1, 0.15) is 9.71 Å². The lowest BCUT2D eigenvalue weighted by atomic mass is 10.1. The minimum absolute atomic E-state index is 0.295. The molecule has 0 radical (unpaired) electrons. The molecule has 0 atom stereocenters. The average molecular weight is 535 g/mol. The van der Waals surface area contributed by atoms with Crippen LogP contribution in [0.2, 0.25) is 0 Å². The first-order valence-electron chi connectivity index (χ1n) is 12.4. The van der Waals surface area contributed by atoms with Crippen LogP contribution < -0.4 is 4.90 Å². The second-order valence-corrected chi connectivity index (χ2v) is 10.4. The maximum atomic E-state index is 12.1. The van der Waals surface area contributed by atoms with Crippen molar-refractivity contribution in [3.63, 3.8) is 0 Å². The number of unbranched alkanes of at least 4 members (excludes halogenated alkanes) is 1. The molecule has 37 heavy (non-hydrogen) atoms. The highest BCUT2D eigenvalue weighted by Crippen LogP contribution is 2.35. The largest absolute Gasteiger partial charge is 0.462 e. The van der Waals surface area contributed by atoms with Crippen LogP contribution in [0.25, 0.3) is 9.53 Å². The lowest BCUT2D eigenvalue weighted by molar-refractivity contribution is 0.0505. The lowest BCUT2D eigenvalue weighted by Gasteiger charge is -2.21. The Morgan fingerprint density at radius 1 is 0.919 bits per heavy atom. The fraction of sp³-hybridized carbons (Fsp3) is 0.333. The van der Waals surface area contributed by atoms with Crippen LogP contribution in [0, 0.1) is 6.92 Å². The quantitative estimate of drug-likeness (QED) is 0.109. The summed E-state index contributed by atoms with van der Waals surface area (Å²) in [5.41, 5.74) is 4.56. The molecule has 4 rings (SSSR count). The van der Waals surface area contributed by atoms with Crippen molar-refractivity contribution in [1.29, 1.82) is 0 Å². The normalized spacial score (nSPS) is 11.7. The van der Waals surface area contributed by atoms with Crippen LogP contribution in [-0.4, -0.2) is 30.6 Å². The molecule has 4 aromatic rings. The third kappa shape index (κ3) is 6.84. The van der Waals surface area contributed by atoms with Crippen molar-refractivity contribution in [3.05, 3.63) is 59.0 Å². The zero-order chi connectivity index (χ0) is 26.2. The first-order valence-corrected chi connectivity index (χ1v) is 14.0. The zero-order valence-corrected chi connectivity index (χ0v) is 23.1. The van der Waals surface area contributed by atoms with E-state index in [1.807, 2.05) is 43.3 Å². The molecular weight excluding hydrogens is 504 g/mol. The number of aromatic nitrogens is 1. The van der Waals surface area contributed by atoms with Gasteiger partial charge in [-0.15, -0.1) is 21.6 Å². The Labute approximate surface area is 224 Å². The molecule has 0 saturated heterocycles. The van der Waals surface area contributed by atoms with Gasteiger partial charge in [-0.2, -0.15) is 10.2 Å². The standard InChI is InChI=1S/C27H30N6O2S2/c1-5-8-15-35-26(34)24-17-23-25(36-24)28-27(37-23)32-30-20-11-9-19(10-12-20)29-31-22-14-13-21(16-18(22)4)33(6-2)7-3/h9-14,16-17H,5-8,15H2,1-4H3. The van der Waals surface area contributed by atoms with Gasteiger partial charge in [0.15, 0.2) is 0 Å². The number of carbonyl (C=O) groups is 1. The van der Waals surface area contributed by atoms with E-state index in [0.29, 0.717) is 22.3 Å². The van der Waals surface area contributed by atoms with Crippen LogP contribution in [0.15, 0.2) is 69.0 Å². The maximum Gasteiger partial charge on any atom is 0.348 e. The zero-order valence-electron chi connectivity index (χ0n) is 21.5. The summed E-state index contributed by atoms with van der Waals surface area (Å²) in [4.78, 5) is 20.2. The van der Waals surface area contributed by atoms with Gasteiger partial charge >= 0.3 is 5.97 Å². The van der Waals surface area contributed by atoms with E-state index < -0.39 is 0 Å². The summed E-state index contributed by atoms with van der Waals surface area (Å²) in [7, 11) is 0. The van der Waals surface area contributed by atoms with E-state index in [9.17, 15) is 4.79 Å². The van der Waals surface area contributed by atoms with Crippen molar-refractivity contribution >= 4 is 66.1 Å². The van der Waals surface area contributed by atoms with E-state index in [1.54, 1.807) is 0 Å². The number of thiazole rings is 1. The van der Waals surface area contributed by atoms with Crippen molar-refractivity contribution in [2.24, 2.45) is 20.5 Å². The second kappa shape index (κ2) is 12.6. The molecule has 0 aliphatic heterocycles. The van der Waals surface area contributed by atoms with Gasteiger partial charge in [-0.3, -0.25) is 0 Å². The number of nitrogens with zero attached hydrogens (tertiary/aromatic N) is 6. The third-order valence-corrected chi connectivity index (χ3v) is 7.72. The molecule has 0 bridgehead atoms. The molecule has 0 fully saturated rings. The van der Waals surface area contributed by atoms with Crippen LogP contribution in [0.5, 0.6) is 0 Å². The Morgan fingerprint density at radius 3 is 2.24 bits per heavy atom. The SMILES string of the molecule is CCCCOC(=O)c1cc2sc(N=Nc3ccc(N=Nc4ccc(N(CC)CC)cc4C)cc3)nc2s1. The van der Waals surface area contributed by atoms with Crippen molar-refractivity contribution in [1.82, 2.24) is 4.98 Å². The van der Waals surface area contributed by atoms with Gasteiger partial charge in [0.05, 0.1) is 28.4 Å². The number of azo groups is 2. The summed E-state index contributed by atoms with van der Waals surface area (Å²) in [6, 6.07) is 15.4. The van der Waals surface area contributed by atoms with E-state index in [0.717, 1.165) is 52.4 Å². The number of esters is 1. The summed E-state index contributed by atoms with van der Waals surface area (Å²) in [6.07, 6.45) is 1.85. The molecule has 0 aliphatic rings. The fourth-order valence-corrected chi connectivity index (χ4v) is 5.51. The number of fused-ring (bicyclic) bond motifs is 1. The lowest BCUT2D eigenvalue weighted by Crippen LogP contribution is -2.21. The van der Waals surface area contributed by atoms with Gasteiger partial charge in [-0.05, 0) is 81.3 Å². The van der Waals surface area contributed by atoms with Gasteiger partial charge < -0.3 is 9.64 Å².